The average molecular weight is 335 g/mol. The van der Waals surface area contributed by atoms with Gasteiger partial charge in [-0.1, -0.05) is 0 Å². The van der Waals surface area contributed by atoms with Gasteiger partial charge in [-0.2, -0.15) is 0 Å². The number of halogens is 1. The van der Waals surface area contributed by atoms with Gasteiger partial charge in [-0.25, -0.2) is 4.39 Å². The van der Waals surface area contributed by atoms with E-state index >= 15 is 0 Å². The van der Waals surface area contributed by atoms with Crippen molar-refractivity contribution in [1.29, 1.82) is 0 Å². The quantitative estimate of drug-likeness (QED) is 0.868. The van der Waals surface area contributed by atoms with E-state index in [-0.39, 0.29) is 24.2 Å². The Balaban J connectivity index is 1.60. The second-order valence-electron chi connectivity index (χ2n) is 6.67. The first-order chi connectivity index (χ1) is 11.5. The lowest BCUT2D eigenvalue weighted by Gasteiger charge is -2.30. The van der Waals surface area contributed by atoms with E-state index < -0.39 is 5.97 Å². The summed E-state index contributed by atoms with van der Waals surface area (Å²) in [6.45, 7) is 1.65. The van der Waals surface area contributed by atoms with Gasteiger partial charge in [-0.05, 0) is 49.8 Å². The van der Waals surface area contributed by atoms with E-state index in [9.17, 15) is 14.0 Å². The lowest BCUT2D eigenvalue weighted by atomic mass is 9.96. The second kappa shape index (κ2) is 7.30. The minimum absolute atomic E-state index is 0.171. The lowest BCUT2D eigenvalue weighted by molar-refractivity contribution is -0.143. The number of carbonyl (C=O) groups is 2. The highest BCUT2D eigenvalue weighted by Gasteiger charge is 2.28. The molecule has 6 heteroatoms. The van der Waals surface area contributed by atoms with Gasteiger partial charge in [0.15, 0.2) is 0 Å². The van der Waals surface area contributed by atoms with Crippen molar-refractivity contribution in [2.75, 3.05) is 19.7 Å². The molecule has 0 radical (unpaired) electrons. The summed E-state index contributed by atoms with van der Waals surface area (Å²) in [6, 6.07) is 4.33. The SMILES string of the molecule is O=C(O)C1CCN(C(=O)c2ccc(F)c(COCC3CC3)c2)CC1. The topological polar surface area (TPSA) is 66.8 Å². The predicted octanol–water partition coefficient (Wildman–Crippen LogP) is 2.69. The van der Waals surface area contributed by atoms with Crippen molar-refractivity contribution in [1.82, 2.24) is 4.90 Å². The number of hydrogen-bond acceptors (Lipinski definition) is 3. The van der Waals surface area contributed by atoms with Gasteiger partial charge < -0.3 is 14.7 Å². The van der Waals surface area contributed by atoms with Crippen LogP contribution in [0, 0.1) is 17.7 Å². The highest BCUT2D eigenvalue weighted by atomic mass is 19.1. The molecular weight excluding hydrogens is 313 g/mol. The zero-order chi connectivity index (χ0) is 17.1. The van der Waals surface area contributed by atoms with Gasteiger partial charge in [-0.3, -0.25) is 9.59 Å². The Labute approximate surface area is 140 Å². The zero-order valence-corrected chi connectivity index (χ0v) is 13.5. The van der Waals surface area contributed by atoms with Crippen LogP contribution in [0.4, 0.5) is 4.39 Å². The number of carboxylic acid groups (broad SMARTS) is 1. The molecule has 130 valence electrons. The molecule has 0 bridgehead atoms. The molecule has 1 aliphatic carbocycles. The van der Waals surface area contributed by atoms with E-state index in [2.05, 4.69) is 0 Å². The molecule has 1 aromatic rings. The third-order valence-corrected chi connectivity index (χ3v) is 4.73. The maximum absolute atomic E-state index is 13.9. The van der Waals surface area contributed by atoms with Crippen molar-refractivity contribution >= 4 is 11.9 Å². The average Bonchev–Trinajstić information content (AvgIpc) is 3.40. The van der Waals surface area contributed by atoms with Gasteiger partial charge >= 0.3 is 5.97 Å². The van der Waals surface area contributed by atoms with Gasteiger partial charge in [-0.15, -0.1) is 0 Å². The molecule has 1 saturated carbocycles. The Hall–Kier alpha value is -1.95. The first kappa shape index (κ1) is 16.9. The summed E-state index contributed by atoms with van der Waals surface area (Å²) in [5, 5.41) is 9.01. The Morgan fingerprint density at radius 1 is 1.21 bits per heavy atom. The highest BCUT2D eigenvalue weighted by Crippen LogP contribution is 2.29. The number of carbonyl (C=O) groups excluding carboxylic acids is 1. The van der Waals surface area contributed by atoms with E-state index in [1.165, 1.54) is 25.0 Å². The molecule has 1 saturated heterocycles. The van der Waals surface area contributed by atoms with Crippen LogP contribution < -0.4 is 0 Å². The summed E-state index contributed by atoms with van der Waals surface area (Å²) in [5.41, 5.74) is 0.817. The number of hydrogen-bond donors (Lipinski definition) is 1. The van der Waals surface area contributed by atoms with Gasteiger partial charge in [0.25, 0.3) is 5.91 Å². The fourth-order valence-electron chi connectivity index (χ4n) is 2.95. The summed E-state index contributed by atoms with van der Waals surface area (Å²) in [4.78, 5) is 25.2. The number of aliphatic carboxylic acids is 1. The van der Waals surface area contributed by atoms with Crippen LogP contribution in [0.15, 0.2) is 18.2 Å². The number of amides is 1. The van der Waals surface area contributed by atoms with Gasteiger partial charge in [0.1, 0.15) is 5.82 Å². The van der Waals surface area contributed by atoms with Gasteiger partial charge in [0, 0.05) is 30.8 Å². The Morgan fingerprint density at radius 2 is 1.92 bits per heavy atom. The summed E-state index contributed by atoms with van der Waals surface area (Å²) in [5.74, 6) is -1.13. The molecule has 1 aromatic carbocycles. The Bertz CT molecular complexity index is 621. The number of ether oxygens (including phenoxy) is 1. The van der Waals surface area contributed by atoms with Gasteiger partial charge in [0.2, 0.25) is 0 Å². The van der Waals surface area contributed by atoms with Crippen LogP contribution in [-0.2, 0) is 16.1 Å². The first-order valence-corrected chi connectivity index (χ1v) is 8.43. The molecule has 1 aliphatic heterocycles. The smallest absolute Gasteiger partial charge is 0.306 e. The molecule has 0 aromatic heterocycles. The van der Waals surface area contributed by atoms with Crippen LogP contribution in [0.1, 0.15) is 41.6 Å². The molecule has 0 spiro atoms. The number of likely N-dealkylation sites (tertiary alicyclic amines) is 1. The molecule has 1 heterocycles. The molecular formula is C18H22FNO4. The minimum atomic E-state index is -0.807. The van der Waals surface area contributed by atoms with Crippen LogP contribution in [0.25, 0.3) is 0 Å². The molecule has 0 unspecified atom stereocenters. The van der Waals surface area contributed by atoms with E-state index in [0.29, 0.717) is 49.6 Å². The van der Waals surface area contributed by atoms with Crippen LogP contribution in [0.2, 0.25) is 0 Å². The monoisotopic (exact) mass is 335 g/mol. The second-order valence-corrected chi connectivity index (χ2v) is 6.67. The summed E-state index contributed by atoms with van der Waals surface area (Å²) < 4.78 is 19.4. The number of piperidine rings is 1. The Kier molecular flexibility index (Phi) is 5.14. The zero-order valence-electron chi connectivity index (χ0n) is 13.5. The van der Waals surface area contributed by atoms with Gasteiger partial charge in [0.05, 0.1) is 12.5 Å². The maximum Gasteiger partial charge on any atom is 0.306 e. The lowest BCUT2D eigenvalue weighted by Crippen LogP contribution is -2.40. The fourth-order valence-corrected chi connectivity index (χ4v) is 2.95. The molecule has 2 fully saturated rings. The number of nitrogens with zero attached hydrogens (tertiary/aromatic N) is 1. The van der Waals surface area contributed by atoms with E-state index in [1.54, 1.807) is 11.0 Å². The number of rotatable bonds is 6. The highest BCUT2D eigenvalue weighted by molar-refractivity contribution is 5.94. The van der Waals surface area contributed by atoms with E-state index in [1.807, 2.05) is 0 Å². The van der Waals surface area contributed by atoms with Crippen LogP contribution in [0.5, 0.6) is 0 Å². The first-order valence-electron chi connectivity index (χ1n) is 8.43. The molecule has 5 nitrogen and oxygen atoms in total. The largest absolute Gasteiger partial charge is 0.481 e. The Morgan fingerprint density at radius 3 is 2.54 bits per heavy atom. The van der Waals surface area contributed by atoms with Crippen LogP contribution in [0.3, 0.4) is 0 Å². The maximum atomic E-state index is 13.9. The molecule has 2 aliphatic rings. The van der Waals surface area contributed by atoms with Crippen LogP contribution in [-0.4, -0.2) is 41.6 Å². The predicted molar refractivity (Wildman–Crippen MR) is 85.0 cm³/mol. The van der Waals surface area contributed by atoms with E-state index in [4.69, 9.17) is 9.84 Å². The summed E-state index contributed by atoms with van der Waals surface area (Å²) in [6.07, 6.45) is 3.26. The van der Waals surface area contributed by atoms with E-state index in [0.717, 1.165) is 0 Å². The molecule has 1 amide bonds. The summed E-state index contributed by atoms with van der Waals surface area (Å²) >= 11 is 0. The minimum Gasteiger partial charge on any atom is -0.481 e. The standard InChI is InChI=1S/C18H22FNO4/c19-16-4-3-14(9-15(16)11-24-10-12-1-2-12)17(21)20-7-5-13(6-8-20)18(22)23/h3-4,9,12-13H,1-2,5-8,10-11H2,(H,22,23). The molecule has 0 atom stereocenters. The number of carboxylic acids is 1. The summed E-state index contributed by atoms with van der Waals surface area (Å²) in [7, 11) is 0. The number of benzene rings is 1. The third kappa shape index (κ3) is 4.12. The van der Waals surface area contributed by atoms with Crippen molar-refractivity contribution in [2.45, 2.75) is 32.3 Å². The van der Waals surface area contributed by atoms with Crippen molar-refractivity contribution in [2.24, 2.45) is 11.8 Å². The molecule has 3 rings (SSSR count). The molecule has 1 N–H and O–H groups in total. The van der Waals surface area contributed by atoms with Crippen molar-refractivity contribution < 1.29 is 23.8 Å². The van der Waals surface area contributed by atoms with Crippen molar-refractivity contribution in [3.05, 3.63) is 35.1 Å². The van der Waals surface area contributed by atoms with Crippen molar-refractivity contribution in [3.63, 3.8) is 0 Å². The van der Waals surface area contributed by atoms with Crippen molar-refractivity contribution in [3.8, 4) is 0 Å². The molecule has 24 heavy (non-hydrogen) atoms. The fraction of sp³-hybridized carbons (Fsp3) is 0.556. The van der Waals surface area contributed by atoms with Crippen LogP contribution >= 0.6 is 0 Å². The third-order valence-electron chi connectivity index (χ3n) is 4.73. The normalized spacial score (nSPS) is 18.6.